The SMILES string of the molecule is CC(F)(F)c1nc(Oc2ccccc2)c(C(N)=O)c([C@H](/C=C/[S@@](C)(=N)=O)C2CC2)n1. The van der Waals surface area contributed by atoms with Crippen LogP contribution in [0.2, 0.25) is 0 Å². The minimum Gasteiger partial charge on any atom is -0.438 e. The fourth-order valence-corrected chi connectivity index (χ4v) is 3.43. The van der Waals surface area contributed by atoms with Gasteiger partial charge in [-0.3, -0.25) is 4.79 Å². The van der Waals surface area contributed by atoms with E-state index in [4.69, 9.17) is 15.3 Å². The number of nitrogens with zero attached hydrogens (tertiary/aromatic N) is 2. The maximum atomic E-state index is 14.2. The van der Waals surface area contributed by atoms with Crippen LogP contribution in [0.5, 0.6) is 11.6 Å². The van der Waals surface area contributed by atoms with E-state index in [1.54, 1.807) is 30.3 Å². The Kier molecular flexibility index (Phi) is 5.89. The molecule has 0 aliphatic heterocycles. The molecule has 1 aliphatic carbocycles. The monoisotopic (exact) mass is 436 g/mol. The minimum absolute atomic E-state index is 0.00101. The second-order valence-corrected chi connectivity index (χ2v) is 9.46. The number of amides is 1. The molecule has 2 atom stereocenters. The van der Waals surface area contributed by atoms with Gasteiger partial charge in [-0.15, -0.1) is 0 Å². The van der Waals surface area contributed by atoms with Crippen molar-refractivity contribution in [3.8, 4) is 11.6 Å². The van der Waals surface area contributed by atoms with Crippen molar-refractivity contribution in [2.45, 2.75) is 31.6 Å². The van der Waals surface area contributed by atoms with E-state index in [9.17, 15) is 17.8 Å². The number of benzene rings is 1. The Balaban J connectivity index is 2.22. The van der Waals surface area contributed by atoms with E-state index < -0.39 is 33.3 Å². The van der Waals surface area contributed by atoms with Gasteiger partial charge >= 0.3 is 5.92 Å². The highest BCUT2D eigenvalue weighted by atomic mass is 32.2. The molecule has 1 aromatic heterocycles. The molecule has 0 bridgehead atoms. The molecule has 1 aromatic carbocycles. The van der Waals surface area contributed by atoms with Crippen LogP contribution in [0.25, 0.3) is 0 Å². The fourth-order valence-electron chi connectivity index (χ4n) is 2.96. The van der Waals surface area contributed by atoms with Crippen molar-refractivity contribution < 1.29 is 22.5 Å². The third kappa shape index (κ3) is 5.38. The van der Waals surface area contributed by atoms with E-state index >= 15 is 0 Å². The van der Waals surface area contributed by atoms with Crippen LogP contribution in [-0.4, -0.2) is 26.3 Å². The van der Waals surface area contributed by atoms with E-state index in [0.29, 0.717) is 6.92 Å². The lowest BCUT2D eigenvalue weighted by Gasteiger charge is -2.20. The molecule has 0 spiro atoms. The number of primary amides is 1. The summed E-state index contributed by atoms with van der Waals surface area (Å²) < 4.78 is 53.4. The van der Waals surface area contributed by atoms with Crippen molar-refractivity contribution in [2.24, 2.45) is 11.7 Å². The molecule has 30 heavy (non-hydrogen) atoms. The predicted molar refractivity (Wildman–Crippen MR) is 108 cm³/mol. The van der Waals surface area contributed by atoms with Crippen molar-refractivity contribution in [1.82, 2.24) is 9.97 Å². The highest BCUT2D eigenvalue weighted by Gasteiger charge is 2.39. The van der Waals surface area contributed by atoms with Gasteiger partial charge in [0.1, 0.15) is 11.3 Å². The van der Waals surface area contributed by atoms with E-state index in [0.717, 1.165) is 12.8 Å². The van der Waals surface area contributed by atoms with Gasteiger partial charge in [0.25, 0.3) is 5.91 Å². The molecule has 1 saturated carbocycles. The van der Waals surface area contributed by atoms with Crippen LogP contribution in [0, 0.1) is 10.7 Å². The van der Waals surface area contributed by atoms with E-state index in [1.165, 1.54) is 17.7 Å². The summed E-state index contributed by atoms with van der Waals surface area (Å²) in [6.07, 6.45) is 4.25. The standard InChI is InChI=1S/C20H22F2N4O3S/c1-20(21,22)19-25-16(14(12-8-9-12)10-11-30(2,24)28)15(17(23)27)18(26-19)29-13-6-4-3-5-7-13/h3-7,10-12,14,24H,8-9H2,1-2H3,(H2,23,27)/b11-10+/t14-,30+/m1/s1. The summed E-state index contributed by atoms with van der Waals surface area (Å²) in [4.78, 5) is 20.1. The quantitative estimate of drug-likeness (QED) is 0.644. The van der Waals surface area contributed by atoms with E-state index in [-0.39, 0.29) is 28.8 Å². The lowest BCUT2D eigenvalue weighted by atomic mass is 9.95. The number of rotatable bonds is 8. The molecule has 1 aliphatic rings. The molecule has 0 unspecified atom stereocenters. The summed E-state index contributed by atoms with van der Waals surface area (Å²) in [7, 11) is -2.98. The van der Waals surface area contributed by atoms with Gasteiger partial charge in [0.2, 0.25) is 11.7 Å². The molecule has 3 N–H and O–H groups in total. The maximum Gasteiger partial charge on any atom is 0.303 e. The number of aromatic nitrogens is 2. The molecular weight excluding hydrogens is 414 g/mol. The predicted octanol–water partition coefficient (Wildman–Crippen LogP) is 4.16. The molecule has 10 heteroatoms. The highest BCUT2D eigenvalue weighted by Crippen LogP contribution is 2.45. The average Bonchev–Trinajstić information content (AvgIpc) is 3.45. The summed E-state index contributed by atoms with van der Waals surface area (Å²) in [5, 5.41) is 1.20. The van der Waals surface area contributed by atoms with Gasteiger partial charge in [-0.05, 0) is 30.9 Å². The molecule has 0 saturated heterocycles. The number of carbonyl (C=O) groups excluding carboxylic acids is 1. The Labute approximate surface area is 173 Å². The van der Waals surface area contributed by atoms with Gasteiger partial charge < -0.3 is 10.5 Å². The summed E-state index contributed by atoms with van der Waals surface area (Å²) >= 11 is 0. The Hall–Kier alpha value is -2.88. The zero-order valence-corrected chi connectivity index (χ0v) is 17.3. The van der Waals surface area contributed by atoms with Crippen molar-refractivity contribution in [3.63, 3.8) is 0 Å². The number of carbonyl (C=O) groups is 1. The van der Waals surface area contributed by atoms with Crippen molar-refractivity contribution >= 4 is 15.6 Å². The third-order valence-corrected chi connectivity index (χ3v) is 5.17. The Morgan fingerprint density at radius 1 is 1.33 bits per heavy atom. The van der Waals surface area contributed by atoms with Gasteiger partial charge in [0.05, 0.1) is 15.4 Å². The number of hydrogen-bond donors (Lipinski definition) is 2. The van der Waals surface area contributed by atoms with Crippen LogP contribution in [0.3, 0.4) is 0 Å². The van der Waals surface area contributed by atoms with Gasteiger partial charge in [-0.2, -0.15) is 13.8 Å². The Morgan fingerprint density at radius 2 is 1.97 bits per heavy atom. The fraction of sp³-hybridized carbons (Fsp3) is 0.350. The summed E-state index contributed by atoms with van der Waals surface area (Å²) in [6.45, 7) is 0.646. The molecule has 3 rings (SSSR count). The van der Waals surface area contributed by atoms with Crippen LogP contribution >= 0.6 is 0 Å². The third-order valence-electron chi connectivity index (χ3n) is 4.49. The lowest BCUT2D eigenvalue weighted by Crippen LogP contribution is -2.23. The topological polar surface area (TPSA) is 119 Å². The molecule has 1 amide bonds. The number of alkyl halides is 2. The van der Waals surface area contributed by atoms with Crippen molar-refractivity contribution in [2.75, 3.05) is 6.26 Å². The second kappa shape index (κ2) is 8.10. The smallest absolute Gasteiger partial charge is 0.303 e. The Morgan fingerprint density at radius 3 is 2.47 bits per heavy atom. The van der Waals surface area contributed by atoms with Crippen molar-refractivity contribution in [1.29, 1.82) is 4.78 Å². The van der Waals surface area contributed by atoms with Gasteiger partial charge in [0, 0.05) is 24.5 Å². The first kappa shape index (κ1) is 21.8. The summed E-state index contributed by atoms with van der Waals surface area (Å²) in [6, 6.07) is 8.27. The highest BCUT2D eigenvalue weighted by molar-refractivity contribution is 7.94. The molecular formula is C20H22F2N4O3S. The molecule has 1 fully saturated rings. The summed E-state index contributed by atoms with van der Waals surface area (Å²) in [5.41, 5.74) is 5.35. The number of halogens is 2. The lowest BCUT2D eigenvalue weighted by molar-refractivity contribution is 0.00678. The van der Waals surface area contributed by atoms with Gasteiger partial charge in [-0.1, -0.05) is 24.3 Å². The van der Waals surface area contributed by atoms with Gasteiger partial charge in [0.15, 0.2) is 0 Å². The maximum absolute atomic E-state index is 14.2. The molecule has 0 radical (unpaired) electrons. The number of nitrogens with one attached hydrogen (secondary N) is 1. The average molecular weight is 436 g/mol. The van der Waals surface area contributed by atoms with Crippen molar-refractivity contribution in [3.05, 3.63) is 58.9 Å². The number of hydrogen-bond acceptors (Lipinski definition) is 6. The molecule has 160 valence electrons. The van der Waals surface area contributed by atoms with Crippen LogP contribution in [0.4, 0.5) is 8.78 Å². The number of allylic oxidation sites excluding steroid dienone is 1. The first-order valence-electron chi connectivity index (χ1n) is 9.20. The normalized spacial score (nSPS) is 17.5. The Bertz CT molecular complexity index is 1080. The minimum atomic E-state index is -3.40. The largest absolute Gasteiger partial charge is 0.438 e. The molecule has 1 heterocycles. The zero-order chi connectivity index (χ0) is 22.1. The van der Waals surface area contributed by atoms with Crippen LogP contribution in [0.1, 0.15) is 47.6 Å². The number of ether oxygens (including phenoxy) is 1. The van der Waals surface area contributed by atoms with E-state index in [2.05, 4.69) is 9.97 Å². The second-order valence-electron chi connectivity index (χ2n) is 7.38. The van der Waals surface area contributed by atoms with Gasteiger partial charge in [-0.25, -0.2) is 14.0 Å². The first-order valence-corrected chi connectivity index (χ1v) is 11.2. The number of nitrogens with two attached hydrogens (primary N) is 1. The molecule has 2 aromatic rings. The zero-order valence-electron chi connectivity index (χ0n) is 16.5. The van der Waals surface area contributed by atoms with E-state index in [1.807, 2.05) is 0 Å². The summed E-state index contributed by atoms with van der Waals surface area (Å²) in [5.74, 6) is -5.83. The molecule has 7 nitrogen and oxygen atoms in total. The van der Waals surface area contributed by atoms with Crippen LogP contribution in [-0.2, 0) is 15.7 Å². The van der Waals surface area contributed by atoms with Crippen LogP contribution in [0.15, 0.2) is 41.8 Å². The first-order chi connectivity index (χ1) is 14.0. The van der Waals surface area contributed by atoms with Crippen LogP contribution < -0.4 is 10.5 Å². The number of para-hydroxylation sites is 1.